The zero-order valence-corrected chi connectivity index (χ0v) is 35.9. The Labute approximate surface area is 403 Å². The van der Waals surface area contributed by atoms with Crippen LogP contribution >= 0.6 is 0 Å². The van der Waals surface area contributed by atoms with Crippen LogP contribution in [0.25, 0.3) is 95.0 Å². The topological polar surface area (TPSA) is 43.6 Å². The summed E-state index contributed by atoms with van der Waals surface area (Å²) in [6.07, 6.45) is 0. The summed E-state index contributed by atoms with van der Waals surface area (Å²) >= 11 is 0. The van der Waals surface area contributed by atoms with Gasteiger partial charge >= 0.3 is 0 Å². The monoisotopic (exact) mass is 1060 g/mol. The molecule has 378 valence electrons. The molecule has 0 amide bonds. The summed E-state index contributed by atoms with van der Waals surface area (Å²) in [5.41, 5.74) is -10.2. The number of hydrogen-bond acceptors (Lipinski definition) is 3. The van der Waals surface area contributed by atoms with Crippen LogP contribution in [0.2, 0.25) is 0 Å². The average Bonchev–Trinajstić information content (AvgIpc) is 3.75. The molecule has 0 radical (unpaired) electrons. The normalized spacial score (nSPS) is 11.7. The lowest BCUT2D eigenvalue weighted by molar-refractivity contribution is 0.381. The molecule has 0 fully saturated rings. The van der Waals surface area contributed by atoms with Gasteiger partial charge < -0.3 is 0 Å². The van der Waals surface area contributed by atoms with Crippen molar-refractivity contribution >= 4 is 21.8 Å². The summed E-state index contributed by atoms with van der Waals surface area (Å²) in [4.78, 5) is 13.1. The number of rotatable bonds is 7. The number of halogens is 20. The smallest absolute Gasteiger partial charge is 0.238 e. The predicted molar refractivity (Wildman–Crippen MR) is 226 cm³/mol. The molecule has 0 spiro atoms. The van der Waals surface area contributed by atoms with Crippen molar-refractivity contribution in [3.05, 3.63) is 201 Å². The highest BCUT2D eigenvalue weighted by molar-refractivity contribution is 6.11. The van der Waals surface area contributed by atoms with Crippen LogP contribution in [0.1, 0.15) is 0 Å². The lowest BCUT2D eigenvalue weighted by Crippen LogP contribution is -2.07. The second-order valence-electron chi connectivity index (χ2n) is 16.0. The maximum Gasteiger partial charge on any atom is 0.238 e. The van der Waals surface area contributed by atoms with E-state index in [1.165, 1.54) is 0 Å². The van der Waals surface area contributed by atoms with Gasteiger partial charge in [0.2, 0.25) is 29.2 Å². The van der Waals surface area contributed by atoms with E-state index in [2.05, 4.69) is 15.0 Å². The van der Waals surface area contributed by atoms with Crippen LogP contribution < -0.4 is 0 Å². The molecule has 0 atom stereocenters. The summed E-state index contributed by atoms with van der Waals surface area (Å²) in [5, 5.41) is -0.774. The number of aromatic nitrogens is 4. The van der Waals surface area contributed by atoms with Gasteiger partial charge in [-0.2, -0.15) is 9.97 Å². The van der Waals surface area contributed by atoms with Gasteiger partial charge in [-0.05, 0) is 58.7 Å². The van der Waals surface area contributed by atoms with Crippen molar-refractivity contribution in [2.75, 3.05) is 0 Å². The molecule has 0 unspecified atom stereocenters. The first kappa shape index (κ1) is 49.7. The fraction of sp³-hybridized carbons (Fsp3) is 0. The van der Waals surface area contributed by atoms with Crippen LogP contribution in [0.15, 0.2) is 84.9 Å². The Morgan fingerprint density at radius 3 is 0.760 bits per heavy atom. The maximum atomic E-state index is 15.3. The van der Waals surface area contributed by atoms with Gasteiger partial charge in [0.05, 0.1) is 33.3 Å². The Morgan fingerprint density at radius 2 is 0.480 bits per heavy atom. The molecule has 0 aliphatic heterocycles. The Hall–Kier alpha value is -8.83. The first-order valence-corrected chi connectivity index (χ1v) is 20.7. The Balaban J connectivity index is 1.29. The fourth-order valence-electron chi connectivity index (χ4n) is 8.33. The van der Waals surface area contributed by atoms with Crippen molar-refractivity contribution in [2.24, 2.45) is 0 Å². The van der Waals surface area contributed by atoms with Crippen molar-refractivity contribution < 1.29 is 87.8 Å². The Kier molecular flexibility index (Phi) is 11.9. The van der Waals surface area contributed by atoms with E-state index in [1.807, 2.05) is 0 Å². The first-order valence-electron chi connectivity index (χ1n) is 20.7. The highest BCUT2D eigenvalue weighted by Gasteiger charge is 2.32. The second kappa shape index (κ2) is 18.0. The lowest BCUT2D eigenvalue weighted by Gasteiger charge is -2.14. The van der Waals surface area contributed by atoms with Crippen molar-refractivity contribution in [2.45, 2.75) is 0 Å². The minimum atomic E-state index is -2.55. The van der Waals surface area contributed by atoms with Crippen LogP contribution in [0.3, 0.4) is 0 Å². The molecule has 0 bridgehead atoms. The summed E-state index contributed by atoms with van der Waals surface area (Å²) in [5.74, 6) is -49.5. The molecule has 8 aromatic carbocycles. The van der Waals surface area contributed by atoms with Gasteiger partial charge in [-0.1, -0.05) is 48.5 Å². The molecule has 0 N–H and O–H groups in total. The van der Waals surface area contributed by atoms with Gasteiger partial charge in [0, 0.05) is 21.9 Å². The fourth-order valence-corrected chi connectivity index (χ4v) is 8.33. The van der Waals surface area contributed by atoms with Crippen LogP contribution in [0.4, 0.5) is 87.8 Å². The van der Waals surface area contributed by atoms with Gasteiger partial charge in [-0.15, -0.1) is 0 Å². The largest absolute Gasteiger partial charge is 0.278 e. The van der Waals surface area contributed by atoms with E-state index in [0.717, 1.165) is 89.5 Å². The lowest BCUT2D eigenvalue weighted by atomic mass is 9.98. The standard InChI is InChI=1S/C51H14F20N4/c52-29-25(30(53)38(61)45(68)37(29)60)15-3-1-5-19(11-15)49-72-50(20-6-2-4-16(12-20)26-31(54)39(62)46(69)40(63)32(26)55)74-51(73-49)75-23-9-7-17(27-33(56)41(64)47(70)42(65)34(27)57)13-21(23)22-14-18(8-10-24(22)75)28-35(58)43(66)48(71)44(67)36(28)59/h1-14H. The SMILES string of the molecule is Fc1c(F)c(F)c(-c2cccc(-c3nc(-c4cccc(-c5c(F)c(F)c(F)c(F)c5F)c4)nc(-n4c5ccc(-c6c(F)c(F)c(F)c(F)c6F)cc5c5cc(-c6c(F)c(F)c(F)c(F)c6F)ccc54)n3)c2)c(F)c1F. The quantitative estimate of drug-likeness (QED) is 0.0907. The highest BCUT2D eigenvalue weighted by atomic mass is 19.2. The van der Waals surface area contributed by atoms with E-state index < -0.39 is 178 Å². The molecule has 10 aromatic rings. The van der Waals surface area contributed by atoms with Crippen LogP contribution in [-0.4, -0.2) is 19.5 Å². The third kappa shape index (κ3) is 7.58. The van der Waals surface area contributed by atoms with Crippen LogP contribution in [0, 0.1) is 116 Å². The zero-order valence-electron chi connectivity index (χ0n) is 35.9. The molecule has 10 rings (SSSR count). The summed E-state index contributed by atoms with van der Waals surface area (Å²) in [7, 11) is 0. The summed E-state index contributed by atoms with van der Waals surface area (Å²) in [6, 6.07) is 12.7. The first-order chi connectivity index (χ1) is 35.5. The molecular weight excluding hydrogens is 1050 g/mol. The molecule has 2 aromatic heterocycles. The summed E-state index contributed by atoms with van der Waals surface area (Å²) in [6.45, 7) is 0. The predicted octanol–water partition coefficient (Wildman–Crippen LogP) is 15.8. The number of benzene rings is 8. The minimum absolute atomic E-state index is 0.291. The zero-order chi connectivity index (χ0) is 54.0. The van der Waals surface area contributed by atoms with Crippen LogP contribution in [0.5, 0.6) is 0 Å². The van der Waals surface area contributed by atoms with E-state index in [0.29, 0.717) is 0 Å². The number of hydrogen-bond donors (Lipinski definition) is 0. The number of fused-ring (bicyclic) bond motifs is 3. The van der Waals surface area contributed by atoms with E-state index in [1.54, 1.807) is 0 Å². The third-order valence-electron chi connectivity index (χ3n) is 11.8. The molecule has 24 heteroatoms. The van der Waals surface area contributed by atoms with E-state index in [4.69, 9.17) is 0 Å². The van der Waals surface area contributed by atoms with Gasteiger partial charge in [0.15, 0.2) is 105 Å². The average molecular weight is 1060 g/mol. The Bertz CT molecular complexity index is 3780. The van der Waals surface area contributed by atoms with E-state index >= 15 is 35.1 Å². The third-order valence-corrected chi connectivity index (χ3v) is 11.8. The maximum absolute atomic E-state index is 15.3. The van der Waals surface area contributed by atoms with E-state index in [-0.39, 0.29) is 32.9 Å². The molecule has 2 heterocycles. The molecule has 0 saturated heterocycles. The van der Waals surface area contributed by atoms with Crippen LogP contribution in [-0.2, 0) is 0 Å². The molecule has 4 nitrogen and oxygen atoms in total. The van der Waals surface area contributed by atoms with E-state index in [9.17, 15) is 52.7 Å². The van der Waals surface area contributed by atoms with Gasteiger partial charge in [-0.3, -0.25) is 4.57 Å². The molecule has 0 aliphatic carbocycles. The molecule has 0 aliphatic rings. The molecular formula is C51H14F20N4. The number of nitrogens with zero attached hydrogens (tertiary/aromatic N) is 4. The van der Waals surface area contributed by atoms with Crippen molar-refractivity contribution in [3.63, 3.8) is 0 Å². The molecule has 75 heavy (non-hydrogen) atoms. The van der Waals surface area contributed by atoms with Gasteiger partial charge in [0.25, 0.3) is 0 Å². The van der Waals surface area contributed by atoms with Gasteiger partial charge in [0.1, 0.15) is 0 Å². The van der Waals surface area contributed by atoms with Gasteiger partial charge in [-0.25, -0.2) is 92.8 Å². The van der Waals surface area contributed by atoms with Crippen molar-refractivity contribution in [3.8, 4) is 73.2 Å². The minimum Gasteiger partial charge on any atom is -0.278 e. The van der Waals surface area contributed by atoms with Crippen molar-refractivity contribution in [1.29, 1.82) is 0 Å². The Morgan fingerprint density at radius 1 is 0.240 bits per heavy atom. The second-order valence-corrected chi connectivity index (χ2v) is 16.0. The summed E-state index contributed by atoms with van der Waals surface area (Å²) < 4.78 is 295. The molecule has 0 saturated carbocycles. The van der Waals surface area contributed by atoms with Crippen molar-refractivity contribution in [1.82, 2.24) is 19.5 Å². The highest BCUT2D eigenvalue weighted by Crippen LogP contribution is 2.42.